The Balaban J connectivity index is 0.00000169. The molecule has 1 aromatic carbocycles. The average Bonchev–Trinajstić information content (AvgIpc) is 2.04. The number of benzene rings is 1. The first-order valence-electron chi connectivity index (χ1n) is 4.12. The zero-order valence-electron chi connectivity index (χ0n) is 8.31. The molecule has 0 fully saturated rings. The summed E-state index contributed by atoms with van der Waals surface area (Å²) in [6.07, 6.45) is 1.35. The first kappa shape index (κ1) is 14.8. The van der Waals surface area contributed by atoms with Crippen molar-refractivity contribution in [3.05, 3.63) is 35.9 Å². The van der Waals surface area contributed by atoms with Crippen molar-refractivity contribution in [2.75, 3.05) is 5.75 Å². The van der Waals surface area contributed by atoms with Crippen LogP contribution in [0.25, 0.3) is 0 Å². The molecule has 0 amide bonds. The van der Waals surface area contributed by atoms with Gasteiger partial charge in [0.1, 0.15) is 0 Å². The van der Waals surface area contributed by atoms with Crippen LogP contribution in [0.1, 0.15) is 12.0 Å². The summed E-state index contributed by atoms with van der Waals surface area (Å²) in [6.45, 7) is 0. The molecular weight excluding hydrogens is 225 g/mol. The van der Waals surface area contributed by atoms with E-state index in [2.05, 4.69) is 0 Å². The summed E-state index contributed by atoms with van der Waals surface area (Å²) < 4.78 is 21.2. The van der Waals surface area contributed by atoms with Crippen molar-refractivity contribution in [1.29, 1.82) is 0 Å². The van der Waals surface area contributed by atoms with E-state index in [9.17, 15) is 8.42 Å². The molecule has 1 aromatic rings. The second-order valence-corrected chi connectivity index (χ2v) is 4.69. The van der Waals surface area contributed by atoms with Crippen molar-refractivity contribution in [3.63, 3.8) is 0 Å². The van der Waals surface area contributed by atoms with Gasteiger partial charge < -0.3 is 0 Å². The quantitative estimate of drug-likeness (QED) is 0.778. The average molecular weight is 238 g/mol. The third-order valence-electron chi connectivity index (χ3n) is 1.74. The van der Waals surface area contributed by atoms with Crippen LogP contribution >= 0.6 is 0 Å². The van der Waals surface area contributed by atoms with Crippen LogP contribution in [0.3, 0.4) is 0 Å². The molecule has 0 bridgehead atoms. The predicted molar refractivity (Wildman–Crippen MR) is 58.5 cm³/mol. The molecule has 1 rings (SSSR count). The molecule has 0 aliphatic rings. The molecule has 0 saturated heterocycles. The minimum Gasteiger partial charge on any atom is -0.229 e. The van der Waals surface area contributed by atoms with Gasteiger partial charge in [0.05, 0.1) is 5.75 Å². The minimum absolute atomic E-state index is 0. The Labute approximate surface area is 128 Å². The maximum Gasteiger partial charge on any atom is 0.209 e. The maximum absolute atomic E-state index is 10.6. The number of aryl methyl sites for hydroxylation is 1. The van der Waals surface area contributed by atoms with E-state index in [4.69, 9.17) is 5.14 Å². The fraction of sp³-hybridized carbons (Fsp3) is 0.333. The van der Waals surface area contributed by atoms with Gasteiger partial charge in [-0.05, 0) is 18.4 Å². The number of hydrogen-bond donors (Lipinski definition) is 1. The third kappa shape index (κ3) is 7.11. The van der Waals surface area contributed by atoms with E-state index in [0.29, 0.717) is 6.42 Å². The Morgan fingerprint density at radius 1 is 1.14 bits per heavy atom. The summed E-state index contributed by atoms with van der Waals surface area (Å²) in [5, 5.41) is 4.87. The van der Waals surface area contributed by atoms with Crippen molar-refractivity contribution in [2.24, 2.45) is 5.14 Å². The van der Waals surface area contributed by atoms with Crippen molar-refractivity contribution in [1.82, 2.24) is 0 Å². The smallest absolute Gasteiger partial charge is 0.209 e. The predicted octanol–water partition coefficient (Wildman–Crippen LogP) is 0.527. The van der Waals surface area contributed by atoms with E-state index in [0.717, 1.165) is 12.0 Å². The van der Waals surface area contributed by atoms with Crippen LogP contribution in [0.2, 0.25) is 0 Å². The second-order valence-electron chi connectivity index (χ2n) is 2.96. The molecule has 0 saturated carbocycles. The van der Waals surface area contributed by atoms with Gasteiger partial charge in [-0.25, -0.2) is 13.6 Å². The van der Waals surface area contributed by atoms with Crippen LogP contribution < -0.4 is 5.14 Å². The Morgan fingerprint density at radius 3 is 2.21 bits per heavy atom. The third-order valence-corrected chi connectivity index (χ3v) is 2.59. The molecule has 1 radical (unpaired) electrons. The molecule has 0 aliphatic heterocycles. The van der Waals surface area contributed by atoms with Gasteiger partial charge in [-0.1, -0.05) is 30.3 Å². The van der Waals surface area contributed by atoms with Gasteiger partial charge in [0.25, 0.3) is 0 Å². The second kappa shape index (κ2) is 7.11. The molecule has 0 atom stereocenters. The van der Waals surface area contributed by atoms with Crippen LogP contribution in [-0.2, 0) is 16.4 Å². The summed E-state index contributed by atoms with van der Waals surface area (Å²) in [6, 6.07) is 9.76. The Hall–Kier alpha value is 0.766. The largest absolute Gasteiger partial charge is 0.229 e. The Kier molecular flexibility index (Phi) is 7.50. The molecule has 0 heterocycles. The molecule has 3 nitrogen and oxygen atoms in total. The topological polar surface area (TPSA) is 60.2 Å². The van der Waals surface area contributed by atoms with E-state index in [1.807, 2.05) is 30.3 Å². The number of sulfonamides is 1. The molecule has 0 aliphatic carbocycles. The van der Waals surface area contributed by atoms with Gasteiger partial charge in [0.15, 0.2) is 0 Å². The first-order valence-corrected chi connectivity index (χ1v) is 5.84. The van der Waals surface area contributed by atoms with Gasteiger partial charge in [-0.3, -0.25) is 0 Å². The van der Waals surface area contributed by atoms with Crippen molar-refractivity contribution in [3.8, 4) is 0 Å². The summed E-state index contributed by atoms with van der Waals surface area (Å²) in [7, 11) is -3.29. The number of nitrogens with two attached hydrogens (primary N) is 1. The Bertz CT molecular complexity index is 350. The van der Waals surface area contributed by atoms with Crippen LogP contribution in [-0.4, -0.2) is 65.6 Å². The van der Waals surface area contributed by atoms with E-state index in [1.165, 1.54) is 0 Å². The summed E-state index contributed by atoms with van der Waals surface area (Å²) in [5.74, 6) is 0.0574. The standard InChI is InChI=1S/C9H13NO2S.K/c10-13(11,12)8-4-7-9-5-2-1-3-6-9;/h1-3,5-6H,4,7-8H2,(H2,10,11,12);. The van der Waals surface area contributed by atoms with Crippen molar-refractivity contribution < 1.29 is 8.42 Å². The van der Waals surface area contributed by atoms with Crippen molar-refractivity contribution in [2.45, 2.75) is 12.8 Å². The number of rotatable bonds is 4. The van der Waals surface area contributed by atoms with Crippen LogP contribution in [0.15, 0.2) is 30.3 Å². The van der Waals surface area contributed by atoms with Gasteiger partial charge >= 0.3 is 0 Å². The normalized spacial score (nSPS) is 10.6. The van der Waals surface area contributed by atoms with Gasteiger partial charge in [-0.2, -0.15) is 0 Å². The molecule has 0 spiro atoms. The van der Waals surface area contributed by atoms with Crippen LogP contribution in [0, 0.1) is 0 Å². The zero-order valence-corrected chi connectivity index (χ0v) is 12.2. The fourth-order valence-corrected chi connectivity index (χ4v) is 1.67. The number of hydrogen-bond acceptors (Lipinski definition) is 2. The SMILES string of the molecule is NS(=O)(=O)CCCc1ccccc1.[K]. The summed E-state index contributed by atoms with van der Waals surface area (Å²) >= 11 is 0. The molecule has 73 valence electrons. The fourth-order valence-electron chi connectivity index (χ4n) is 1.12. The molecule has 0 aromatic heterocycles. The first-order chi connectivity index (χ1) is 6.08. The van der Waals surface area contributed by atoms with E-state index in [1.54, 1.807) is 0 Å². The van der Waals surface area contributed by atoms with Crippen molar-refractivity contribution >= 4 is 61.4 Å². The van der Waals surface area contributed by atoms with Gasteiger partial charge in [0, 0.05) is 51.4 Å². The van der Waals surface area contributed by atoms with Gasteiger partial charge in [-0.15, -0.1) is 0 Å². The summed E-state index contributed by atoms with van der Waals surface area (Å²) in [4.78, 5) is 0. The minimum atomic E-state index is -3.29. The molecular formula is C9H13KNO2S. The molecule has 0 unspecified atom stereocenters. The van der Waals surface area contributed by atoms with E-state index >= 15 is 0 Å². The molecule has 2 N–H and O–H groups in total. The molecule has 14 heavy (non-hydrogen) atoms. The van der Waals surface area contributed by atoms with Crippen LogP contribution in [0.5, 0.6) is 0 Å². The monoisotopic (exact) mass is 238 g/mol. The summed E-state index contributed by atoms with van der Waals surface area (Å²) in [5.41, 5.74) is 1.14. The van der Waals surface area contributed by atoms with E-state index in [-0.39, 0.29) is 57.1 Å². The molecule has 5 heteroatoms. The zero-order chi connectivity index (χ0) is 9.73. The maximum atomic E-state index is 10.6. The Morgan fingerprint density at radius 2 is 1.71 bits per heavy atom. The van der Waals surface area contributed by atoms with Crippen LogP contribution in [0.4, 0.5) is 0 Å². The van der Waals surface area contributed by atoms with Gasteiger partial charge in [0.2, 0.25) is 10.0 Å². The number of primary sulfonamides is 1. The van der Waals surface area contributed by atoms with E-state index < -0.39 is 10.0 Å².